The second-order valence-corrected chi connectivity index (χ2v) is 36.7. The molecule has 8 N–H and O–H groups in total. The van der Waals surface area contributed by atoms with Crippen molar-refractivity contribution >= 4 is 99.4 Å². The maximum atomic E-state index is 12.3. The standard InChI is InChI=1S/C37H49N5O3.C35H45BrN4O3.C34H43BrN4O4/c1-28-8-6-9-30(24-28)27-38-34(25-29(2)45)32-12-15-36-35(26-32)39-37(42(36)19-7-18-40-16-4-3-5-17-40)31-10-13-33(14-11-31)41(20-22-43)21-23-44;1-7-15-39(16-8-2)29-12-9-26(10-13-29)35-38-32-20-27(11-14-33(32)40(35)23(3)4)31(17-24(5)42)37-21-25-18-28(22-41)34(43-6)30(36)19-25;1-6-13-38(14-15-40)28-10-7-25(8-11-28)34-37-31-19-26(9-12-32(31)39(34)22(2)3)30(16-23(4)42)36-20-24-17-27(21-41)33(43-5)29(35)18-24/h6,8-15,24,26,34,38,43-44H,3-5,7,16-23,25,27H2,1-2H3;9-14,18-20,23,31,37,41H,7-8,15-17,21-22H2,1-6H3;7-12,17-19,22,30,36,40-41H,6,13-16,20-21H2,1-5H3. The highest BCUT2D eigenvalue weighted by molar-refractivity contribution is 9.11. The van der Waals surface area contributed by atoms with E-state index in [4.69, 9.17) is 24.4 Å². The van der Waals surface area contributed by atoms with Crippen molar-refractivity contribution in [3.8, 4) is 45.7 Å². The van der Waals surface area contributed by atoms with Crippen LogP contribution in [-0.2, 0) is 53.8 Å². The average Bonchev–Trinajstić information content (AvgIpc) is 1.63. The second kappa shape index (κ2) is 50.2. The molecule has 25 heteroatoms. The van der Waals surface area contributed by atoms with Crippen molar-refractivity contribution in [2.45, 2.75) is 210 Å². The van der Waals surface area contributed by atoms with E-state index in [1.165, 1.54) is 49.2 Å². The van der Waals surface area contributed by atoms with Gasteiger partial charge in [-0.15, -0.1) is 0 Å². The third-order valence-corrected chi connectivity index (χ3v) is 25.3. The van der Waals surface area contributed by atoms with E-state index in [1.54, 1.807) is 35.0 Å². The molecule has 131 heavy (non-hydrogen) atoms. The summed E-state index contributed by atoms with van der Waals surface area (Å²) >= 11 is 7.09. The zero-order chi connectivity index (χ0) is 93.8. The number of piperidine rings is 1. The van der Waals surface area contributed by atoms with Crippen LogP contribution in [0.2, 0.25) is 0 Å². The zero-order valence-corrected chi connectivity index (χ0v) is 82.1. The number of aryl methyl sites for hydroxylation is 2. The highest BCUT2D eigenvalue weighted by Crippen LogP contribution is 2.39. The fraction of sp³-hybridized carbons (Fsp3) is 0.434. The van der Waals surface area contributed by atoms with Crippen molar-refractivity contribution in [3.63, 3.8) is 0 Å². The molecule has 3 unspecified atom stereocenters. The lowest BCUT2D eigenvalue weighted by Gasteiger charge is -2.26. The largest absolute Gasteiger partial charge is 0.495 e. The summed E-state index contributed by atoms with van der Waals surface area (Å²) in [6.07, 6.45) is 9.33. The number of aliphatic hydroxyl groups is 5. The van der Waals surface area contributed by atoms with Gasteiger partial charge in [0.15, 0.2) is 0 Å². The van der Waals surface area contributed by atoms with Gasteiger partial charge in [0.25, 0.3) is 0 Å². The number of hydrogen-bond acceptors (Lipinski definition) is 20. The smallest absolute Gasteiger partial charge is 0.141 e. The molecule has 0 radical (unpaired) electrons. The van der Waals surface area contributed by atoms with Gasteiger partial charge in [0.1, 0.15) is 46.3 Å². The average molecular weight is 1910 g/mol. The SMILES string of the molecule is CC(=O)CC(NCc1cccc(C)c1)c1ccc2c(c1)nc(-c1ccc(N(CCO)CCO)cc1)n2CCCN1CCCCC1.CCCN(CCC)c1ccc(-c2nc3cc(C(CC(C)=O)NCc4cc(Br)c(OC)c(CO)c4)ccc3n2C(C)C)cc1.CCCN(CCO)c1ccc(-c2nc3cc(C(CC(C)=O)NCc4cc(Br)c(OC)c(CO)c4)ccc3n2C(C)C)cc1. The van der Waals surface area contributed by atoms with Crippen LogP contribution in [0.25, 0.3) is 67.3 Å². The molecule has 1 fully saturated rings. The number of imidazole rings is 3. The van der Waals surface area contributed by atoms with Crippen molar-refractivity contribution in [2.75, 3.05) is 108 Å². The van der Waals surface area contributed by atoms with Crippen LogP contribution in [0.1, 0.15) is 214 Å². The number of ether oxygens (including phenoxy) is 2. The van der Waals surface area contributed by atoms with Gasteiger partial charge in [-0.1, -0.05) is 75.2 Å². The van der Waals surface area contributed by atoms with Crippen LogP contribution in [0, 0.1) is 6.92 Å². The number of likely N-dealkylation sites (tertiary alicyclic amines) is 1. The maximum absolute atomic E-state index is 12.3. The highest BCUT2D eigenvalue weighted by Gasteiger charge is 2.26. The summed E-state index contributed by atoms with van der Waals surface area (Å²) < 4.78 is 19.3. The van der Waals surface area contributed by atoms with Crippen molar-refractivity contribution in [3.05, 3.63) is 235 Å². The molecule has 12 aromatic rings. The number of nitrogens with one attached hydrogen (secondary N) is 3. The Hall–Kier alpha value is -10.0. The van der Waals surface area contributed by atoms with Gasteiger partial charge in [0.05, 0.1) is 89.3 Å². The van der Waals surface area contributed by atoms with Crippen LogP contribution < -0.4 is 40.1 Å². The third-order valence-electron chi connectivity index (χ3n) is 24.1. The Bertz CT molecular complexity index is 5440. The number of aliphatic hydroxyl groups excluding tert-OH is 5. The zero-order valence-electron chi connectivity index (χ0n) is 78.9. The van der Waals surface area contributed by atoms with Crippen LogP contribution in [-0.4, -0.2) is 169 Å². The number of rotatable bonds is 46. The molecule has 0 aliphatic carbocycles. The van der Waals surface area contributed by atoms with Gasteiger partial charge in [-0.3, -0.25) is 14.4 Å². The Morgan fingerprint density at radius 1 is 0.435 bits per heavy atom. The first-order chi connectivity index (χ1) is 63.3. The molecule has 1 aliphatic rings. The van der Waals surface area contributed by atoms with Crippen LogP contribution in [0.4, 0.5) is 17.1 Å². The normalized spacial score (nSPS) is 13.0. The summed E-state index contributed by atoms with van der Waals surface area (Å²) in [6, 6.07) is 60.7. The summed E-state index contributed by atoms with van der Waals surface area (Å²) in [7, 11) is 3.17. The first-order valence-corrected chi connectivity index (χ1v) is 48.3. The molecule has 13 rings (SSSR count). The van der Waals surface area contributed by atoms with Gasteiger partial charge in [0.2, 0.25) is 0 Å². The first-order valence-electron chi connectivity index (χ1n) is 46.7. The Balaban J connectivity index is 0.000000190. The maximum Gasteiger partial charge on any atom is 0.141 e. The number of hydrogen-bond donors (Lipinski definition) is 8. The van der Waals surface area contributed by atoms with E-state index in [9.17, 15) is 39.9 Å². The number of carbonyl (C=O) groups excluding carboxylic acids is 3. The number of benzene rings is 9. The Labute approximate surface area is 791 Å². The van der Waals surface area contributed by atoms with E-state index < -0.39 is 0 Å². The van der Waals surface area contributed by atoms with Crippen LogP contribution in [0.15, 0.2) is 185 Å². The molecule has 3 atom stereocenters. The summed E-state index contributed by atoms with van der Waals surface area (Å²) in [4.78, 5) is 61.5. The van der Waals surface area contributed by atoms with Crippen LogP contribution in [0.3, 0.4) is 0 Å². The lowest BCUT2D eigenvalue weighted by molar-refractivity contribution is -0.118. The molecule has 700 valence electrons. The quantitative estimate of drug-likeness (QED) is 0.0176. The summed E-state index contributed by atoms with van der Waals surface area (Å²) in [5.41, 5.74) is 21.2. The molecule has 23 nitrogen and oxygen atoms in total. The number of Topliss-reactive ketones (excluding diaryl/α,β-unsaturated/α-hetero) is 3. The van der Waals surface area contributed by atoms with Crippen molar-refractivity contribution in [2.24, 2.45) is 0 Å². The predicted molar refractivity (Wildman–Crippen MR) is 539 cm³/mol. The monoisotopic (exact) mass is 1910 g/mol. The van der Waals surface area contributed by atoms with Gasteiger partial charge in [-0.25, -0.2) is 15.0 Å². The lowest BCUT2D eigenvalue weighted by Crippen LogP contribution is -2.31. The molecule has 1 saturated heterocycles. The van der Waals surface area contributed by atoms with E-state index in [-0.39, 0.29) is 80.6 Å². The van der Waals surface area contributed by atoms with Crippen LogP contribution in [0.5, 0.6) is 11.5 Å². The Morgan fingerprint density at radius 3 is 1.17 bits per heavy atom. The molecule has 0 saturated carbocycles. The van der Waals surface area contributed by atoms with Gasteiger partial charge in [-0.2, -0.15) is 0 Å². The number of fused-ring (bicyclic) bond motifs is 3. The summed E-state index contributed by atoms with van der Waals surface area (Å²) in [5, 5.41) is 58.9. The minimum Gasteiger partial charge on any atom is -0.495 e. The lowest BCUT2D eigenvalue weighted by atomic mass is 10.0. The minimum absolute atomic E-state index is 0.0291. The van der Waals surface area contributed by atoms with E-state index >= 15 is 0 Å². The number of carbonyl (C=O) groups is 3. The van der Waals surface area contributed by atoms with Gasteiger partial charge in [-0.05, 0) is 312 Å². The summed E-state index contributed by atoms with van der Waals surface area (Å²) in [5.74, 6) is 4.37. The number of halogens is 2. The summed E-state index contributed by atoms with van der Waals surface area (Å²) in [6.45, 7) is 32.7. The van der Waals surface area contributed by atoms with E-state index in [0.717, 1.165) is 174 Å². The van der Waals surface area contributed by atoms with Gasteiger partial charge >= 0.3 is 0 Å². The van der Waals surface area contributed by atoms with Crippen molar-refractivity contribution < 1.29 is 49.4 Å². The number of anilines is 3. The predicted octanol–water partition coefficient (Wildman–Crippen LogP) is 20.0. The third kappa shape index (κ3) is 27.2. The van der Waals surface area contributed by atoms with Gasteiger partial charge in [0, 0.05) is 160 Å². The Kier molecular flexibility index (Phi) is 38.9. The topological polar surface area (TPSA) is 273 Å². The van der Waals surface area contributed by atoms with Crippen molar-refractivity contribution in [1.82, 2.24) is 49.5 Å². The van der Waals surface area contributed by atoms with Crippen molar-refractivity contribution in [1.29, 1.82) is 0 Å². The molecule has 0 amide bonds. The fourth-order valence-electron chi connectivity index (χ4n) is 18.0. The van der Waals surface area contributed by atoms with E-state index in [2.05, 4.69) is 271 Å². The number of aromatic nitrogens is 6. The molecule has 1 aliphatic heterocycles. The minimum atomic E-state index is -0.205. The fourth-order valence-corrected chi connectivity index (χ4v) is 19.4. The number of ketones is 3. The molecule has 9 aromatic carbocycles. The molecule has 0 spiro atoms. The Morgan fingerprint density at radius 2 is 0.802 bits per heavy atom. The van der Waals surface area contributed by atoms with Gasteiger partial charge < -0.3 is 84.3 Å². The molecule has 4 heterocycles. The molecule has 3 aromatic heterocycles. The van der Waals surface area contributed by atoms with Crippen LogP contribution >= 0.6 is 31.9 Å². The van der Waals surface area contributed by atoms with E-state index in [1.807, 2.05) is 41.3 Å². The molecule has 0 bridgehead atoms. The number of nitrogens with zero attached hydrogens (tertiary/aromatic N) is 10. The molecular weight excluding hydrogens is 1780 g/mol. The van der Waals surface area contributed by atoms with E-state index in [0.29, 0.717) is 81.2 Å². The number of methoxy groups -OCH3 is 2. The first kappa shape index (κ1) is 102. The highest BCUT2D eigenvalue weighted by atomic mass is 79.9. The molecular formula is C106H137Br2N13O10. The second-order valence-electron chi connectivity index (χ2n) is 35.0.